The zero-order chi connectivity index (χ0) is 17.2. The van der Waals surface area contributed by atoms with Crippen LogP contribution in [0, 0.1) is 0 Å². The molecule has 0 aliphatic carbocycles. The molecule has 130 valence electrons. The standard InChI is InChI=1S/C18H24N2O4/c21-11-10-19-8-2-6-18(17(19)24)7-3-9-20(18)16(23)13-14-4-1-5-15(22)12-14/h1,4-5,12,21-22H,2-3,6-11,13H2. The van der Waals surface area contributed by atoms with Gasteiger partial charge in [0, 0.05) is 19.6 Å². The summed E-state index contributed by atoms with van der Waals surface area (Å²) in [5.41, 5.74) is 0.0129. The third-order valence-corrected chi connectivity index (χ3v) is 5.13. The molecule has 1 atom stereocenters. The predicted molar refractivity (Wildman–Crippen MR) is 88.4 cm³/mol. The molecule has 2 fully saturated rings. The number of aliphatic hydroxyl groups excluding tert-OH is 1. The molecule has 0 aromatic heterocycles. The van der Waals surface area contributed by atoms with Gasteiger partial charge in [0.2, 0.25) is 11.8 Å². The van der Waals surface area contributed by atoms with Crippen molar-refractivity contribution in [2.75, 3.05) is 26.2 Å². The van der Waals surface area contributed by atoms with Crippen LogP contribution in [-0.4, -0.2) is 63.6 Å². The van der Waals surface area contributed by atoms with Gasteiger partial charge < -0.3 is 20.0 Å². The van der Waals surface area contributed by atoms with Gasteiger partial charge in [0.25, 0.3) is 0 Å². The van der Waals surface area contributed by atoms with Crippen LogP contribution in [0.15, 0.2) is 24.3 Å². The highest BCUT2D eigenvalue weighted by molar-refractivity contribution is 5.93. The average molecular weight is 332 g/mol. The lowest BCUT2D eigenvalue weighted by Gasteiger charge is -2.44. The summed E-state index contributed by atoms with van der Waals surface area (Å²) in [7, 11) is 0. The van der Waals surface area contributed by atoms with Gasteiger partial charge in [-0.05, 0) is 43.4 Å². The van der Waals surface area contributed by atoms with Crippen LogP contribution in [-0.2, 0) is 16.0 Å². The SMILES string of the molecule is O=C(Cc1cccc(O)c1)N1CCCC12CCCN(CCO)C2=O. The van der Waals surface area contributed by atoms with E-state index in [2.05, 4.69) is 0 Å². The maximum Gasteiger partial charge on any atom is 0.248 e. The van der Waals surface area contributed by atoms with Gasteiger partial charge in [0.05, 0.1) is 13.0 Å². The first-order valence-electron chi connectivity index (χ1n) is 8.55. The van der Waals surface area contributed by atoms with Crippen molar-refractivity contribution in [2.45, 2.75) is 37.6 Å². The Kier molecular flexibility index (Phi) is 4.76. The van der Waals surface area contributed by atoms with Crippen LogP contribution >= 0.6 is 0 Å². The molecule has 2 aliphatic rings. The van der Waals surface area contributed by atoms with E-state index < -0.39 is 5.54 Å². The molecular formula is C18H24N2O4. The summed E-state index contributed by atoms with van der Waals surface area (Å²) in [5, 5.41) is 18.7. The number of benzene rings is 1. The molecule has 6 nitrogen and oxygen atoms in total. The Morgan fingerprint density at radius 3 is 2.67 bits per heavy atom. The monoisotopic (exact) mass is 332 g/mol. The molecule has 2 saturated heterocycles. The number of hydrogen-bond donors (Lipinski definition) is 2. The quantitative estimate of drug-likeness (QED) is 0.859. The highest BCUT2D eigenvalue weighted by atomic mass is 16.3. The Bertz CT molecular complexity index is 631. The second-order valence-corrected chi connectivity index (χ2v) is 6.65. The molecule has 1 aromatic carbocycles. The largest absolute Gasteiger partial charge is 0.508 e. The number of nitrogens with zero attached hydrogens (tertiary/aromatic N) is 2. The molecule has 1 unspecified atom stereocenters. The number of piperidine rings is 1. The van der Waals surface area contributed by atoms with Gasteiger partial charge >= 0.3 is 0 Å². The number of carbonyl (C=O) groups excluding carboxylic acids is 2. The molecule has 0 bridgehead atoms. The Morgan fingerprint density at radius 2 is 1.96 bits per heavy atom. The maximum atomic E-state index is 12.9. The second-order valence-electron chi connectivity index (χ2n) is 6.65. The summed E-state index contributed by atoms with van der Waals surface area (Å²) in [6.45, 7) is 1.51. The minimum absolute atomic E-state index is 0.0236. The van der Waals surface area contributed by atoms with Crippen molar-refractivity contribution >= 4 is 11.8 Å². The van der Waals surface area contributed by atoms with Crippen LogP contribution < -0.4 is 0 Å². The number of carbonyl (C=O) groups is 2. The zero-order valence-electron chi connectivity index (χ0n) is 13.8. The number of aromatic hydroxyl groups is 1. The topological polar surface area (TPSA) is 81.1 Å². The fraction of sp³-hybridized carbons (Fsp3) is 0.556. The summed E-state index contributed by atoms with van der Waals surface area (Å²) in [6, 6.07) is 6.68. The number of rotatable bonds is 4. The first kappa shape index (κ1) is 16.8. The molecule has 2 N–H and O–H groups in total. The number of aliphatic hydroxyl groups is 1. The lowest BCUT2D eigenvalue weighted by atomic mass is 9.85. The lowest BCUT2D eigenvalue weighted by molar-refractivity contribution is -0.155. The van der Waals surface area contributed by atoms with E-state index in [0.29, 0.717) is 32.5 Å². The van der Waals surface area contributed by atoms with E-state index in [9.17, 15) is 14.7 Å². The van der Waals surface area contributed by atoms with Crippen molar-refractivity contribution < 1.29 is 19.8 Å². The van der Waals surface area contributed by atoms with Gasteiger partial charge in [-0.2, -0.15) is 0 Å². The first-order chi connectivity index (χ1) is 11.6. The summed E-state index contributed by atoms with van der Waals surface area (Å²) in [5.74, 6) is 0.0427. The van der Waals surface area contributed by atoms with Crippen LogP contribution in [0.1, 0.15) is 31.2 Å². The van der Waals surface area contributed by atoms with Gasteiger partial charge in [-0.3, -0.25) is 9.59 Å². The molecule has 2 heterocycles. The number of hydrogen-bond acceptors (Lipinski definition) is 4. The molecule has 2 amide bonds. The van der Waals surface area contributed by atoms with Crippen molar-refractivity contribution in [3.05, 3.63) is 29.8 Å². The molecule has 3 rings (SSSR count). The highest BCUT2D eigenvalue weighted by Gasteiger charge is 2.52. The van der Waals surface area contributed by atoms with E-state index in [1.54, 1.807) is 34.1 Å². The molecule has 0 radical (unpaired) electrons. The third-order valence-electron chi connectivity index (χ3n) is 5.13. The number of phenolic OH excluding ortho intramolecular Hbond substituents is 1. The molecule has 6 heteroatoms. The van der Waals surface area contributed by atoms with E-state index in [1.807, 2.05) is 0 Å². The maximum absolute atomic E-state index is 12.9. The minimum Gasteiger partial charge on any atom is -0.508 e. The Labute approximate surface area is 141 Å². The lowest BCUT2D eigenvalue weighted by Crippen LogP contribution is -2.61. The van der Waals surface area contributed by atoms with Crippen molar-refractivity contribution in [3.8, 4) is 5.75 Å². The predicted octanol–water partition coefficient (Wildman–Crippen LogP) is 0.911. The Hall–Kier alpha value is -2.08. The van der Waals surface area contributed by atoms with Gasteiger partial charge in [-0.25, -0.2) is 0 Å². The van der Waals surface area contributed by atoms with E-state index in [-0.39, 0.29) is 30.6 Å². The Morgan fingerprint density at radius 1 is 1.21 bits per heavy atom. The van der Waals surface area contributed by atoms with Gasteiger partial charge in [-0.1, -0.05) is 12.1 Å². The number of phenols is 1. The van der Waals surface area contributed by atoms with Gasteiger partial charge in [0.1, 0.15) is 11.3 Å². The van der Waals surface area contributed by atoms with Crippen molar-refractivity contribution in [1.82, 2.24) is 9.80 Å². The molecule has 1 spiro atoms. The molecule has 0 saturated carbocycles. The summed E-state index contributed by atoms with van der Waals surface area (Å²) < 4.78 is 0. The van der Waals surface area contributed by atoms with Crippen LogP contribution in [0.4, 0.5) is 0 Å². The minimum atomic E-state index is -0.735. The third kappa shape index (κ3) is 2.98. The van der Waals surface area contributed by atoms with Gasteiger partial charge in [0.15, 0.2) is 0 Å². The summed E-state index contributed by atoms with van der Waals surface area (Å²) in [6.07, 6.45) is 3.24. The van der Waals surface area contributed by atoms with Crippen LogP contribution in [0.3, 0.4) is 0 Å². The van der Waals surface area contributed by atoms with Crippen LogP contribution in [0.2, 0.25) is 0 Å². The summed E-state index contributed by atoms with van der Waals surface area (Å²) in [4.78, 5) is 29.2. The highest BCUT2D eigenvalue weighted by Crippen LogP contribution is 2.38. The van der Waals surface area contributed by atoms with E-state index >= 15 is 0 Å². The van der Waals surface area contributed by atoms with Crippen molar-refractivity contribution in [2.24, 2.45) is 0 Å². The van der Waals surface area contributed by atoms with Crippen molar-refractivity contribution in [1.29, 1.82) is 0 Å². The number of likely N-dealkylation sites (tertiary alicyclic amines) is 2. The van der Waals surface area contributed by atoms with E-state index in [4.69, 9.17) is 5.11 Å². The molecular weight excluding hydrogens is 308 g/mol. The zero-order valence-corrected chi connectivity index (χ0v) is 13.8. The first-order valence-corrected chi connectivity index (χ1v) is 8.55. The van der Waals surface area contributed by atoms with Crippen molar-refractivity contribution in [3.63, 3.8) is 0 Å². The van der Waals surface area contributed by atoms with Gasteiger partial charge in [-0.15, -0.1) is 0 Å². The van der Waals surface area contributed by atoms with Crippen LogP contribution in [0.5, 0.6) is 5.75 Å². The van der Waals surface area contributed by atoms with E-state index in [0.717, 1.165) is 18.4 Å². The smallest absolute Gasteiger partial charge is 0.248 e. The normalized spacial score (nSPS) is 24.0. The number of amides is 2. The van der Waals surface area contributed by atoms with Crippen LogP contribution in [0.25, 0.3) is 0 Å². The summed E-state index contributed by atoms with van der Waals surface area (Å²) >= 11 is 0. The average Bonchev–Trinajstić information content (AvgIpc) is 2.97. The van der Waals surface area contributed by atoms with E-state index in [1.165, 1.54) is 0 Å². The fourth-order valence-corrected chi connectivity index (χ4v) is 4.06. The fourth-order valence-electron chi connectivity index (χ4n) is 4.06. The Balaban J connectivity index is 1.79. The molecule has 2 aliphatic heterocycles. The second kappa shape index (κ2) is 6.81. The molecule has 1 aromatic rings. The molecule has 24 heavy (non-hydrogen) atoms. The number of β-amino-alcohol motifs (C(OH)–C–C–N with tert-alkyl or cyclic N) is 1.